The predicted molar refractivity (Wildman–Crippen MR) is 93.8 cm³/mol. The molecule has 0 aliphatic heterocycles. The number of nitrogens with zero attached hydrogens (tertiary/aromatic N) is 1. The highest BCUT2D eigenvalue weighted by molar-refractivity contribution is 5.97. The van der Waals surface area contributed by atoms with E-state index in [0.29, 0.717) is 5.69 Å². The zero-order chi connectivity index (χ0) is 18.0. The number of anilines is 2. The minimum atomic E-state index is -1.24. The number of rotatable bonds is 5. The fraction of sp³-hybridized carbons (Fsp3) is 0.0556. The smallest absolute Gasteiger partial charge is 0.338 e. The molecular formula is C18H14N2O5. The number of aromatic carboxylic acids is 1. The third-order valence-electron chi connectivity index (χ3n) is 3.78. The summed E-state index contributed by atoms with van der Waals surface area (Å²) >= 11 is 0. The fourth-order valence-corrected chi connectivity index (χ4v) is 2.60. The van der Waals surface area contributed by atoms with Crippen molar-refractivity contribution in [3.63, 3.8) is 0 Å². The van der Waals surface area contributed by atoms with Gasteiger partial charge in [0.2, 0.25) is 0 Å². The van der Waals surface area contributed by atoms with Crippen LogP contribution in [-0.4, -0.2) is 23.1 Å². The van der Waals surface area contributed by atoms with E-state index in [1.165, 1.54) is 12.1 Å². The Morgan fingerprint density at radius 2 is 1.96 bits per heavy atom. The molecule has 7 heteroatoms. The minimum absolute atomic E-state index is 0.167. The van der Waals surface area contributed by atoms with E-state index in [1.807, 2.05) is 30.3 Å². The van der Waals surface area contributed by atoms with Crippen LogP contribution in [0.3, 0.4) is 0 Å². The molecule has 25 heavy (non-hydrogen) atoms. The number of non-ortho nitro benzene ring substituents is 1. The number of carboxylic acid groups (broad SMARTS) is 1. The number of ether oxygens (including phenoxy) is 1. The summed E-state index contributed by atoms with van der Waals surface area (Å²) in [6.45, 7) is 0. The Kier molecular flexibility index (Phi) is 4.21. The molecule has 0 heterocycles. The zero-order valence-electron chi connectivity index (χ0n) is 13.2. The van der Waals surface area contributed by atoms with E-state index in [9.17, 15) is 20.0 Å². The van der Waals surface area contributed by atoms with Crippen LogP contribution in [-0.2, 0) is 0 Å². The second-order valence-corrected chi connectivity index (χ2v) is 5.31. The maximum absolute atomic E-state index is 11.4. The minimum Gasteiger partial charge on any atom is -0.496 e. The summed E-state index contributed by atoms with van der Waals surface area (Å²) in [6.07, 6.45) is 0. The Hall–Kier alpha value is -3.61. The zero-order valence-corrected chi connectivity index (χ0v) is 13.2. The molecule has 0 bridgehead atoms. The highest BCUT2D eigenvalue weighted by atomic mass is 16.6. The lowest BCUT2D eigenvalue weighted by molar-refractivity contribution is -0.384. The lowest BCUT2D eigenvalue weighted by Gasteiger charge is -2.11. The van der Waals surface area contributed by atoms with Gasteiger partial charge in [-0.05, 0) is 35.7 Å². The Labute approximate surface area is 142 Å². The lowest BCUT2D eigenvalue weighted by atomic mass is 10.1. The molecule has 0 radical (unpaired) electrons. The molecule has 7 nitrogen and oxygen atoms in total. The van der Waals surface area contributed by atoms with Crippen LogP contribution < -0.4 is 10.1 Å². The number of hydrogen-bond acceptors (Lipinski definition) is 5. The van der Waals surface area contributed by atoms with Crippen molar-refractivity contribution in [3.8, 4) is 5.75 Å². The Balaban J connectivity index is 2.01. The average molecular weight is 338 g/mol. The SMILES string of the molecule is COc1cccc2cc(Nc3ccc([N+](=O)[O-])cc3C(=O)O)ccc12. The molecule has 0 saturated carbocycles. The predicted octanol–water partition coefficient (Wildman–Crippen LogP) is 4.20. The Bertz CT molecular complexity index is 984. The van der Waals surface area contributed by atoms with Gasteiger partial charge in [-0.1, -0.05) is 12.1 Å². The molecule has 0 atom stereocenters. The van der Waals surface area contributed by atoms with Crippen molar-refractivity contribution in [2.24, 2.45) is 0 Å². The number of benzene rings is 3. The van der Waals surface area contributed by atoms with Crippen molar-refractivity contribution in [2.45, 2.75) is 0 Å². The monoisotopic (exact) mass is 338 g/mol. The van der Waals surface area contributed by atoms with E-state index in [0.717, 1.165) is 22.6 Å². The number of carboxylic acids is 1. The fourth-order valence-electron chi connectivity index (χ4n) is 2.60. The van der Waals surface area contributed by atoms with Crippen LogP contribution in [0.15, 0.2) is 54.6 Å². The number of methoxy groups -OCH3 is 1. The van der Waals surface area contributed by atoms with Crippen molar-refractivity contribution < 1.29 is 19.6 Å². The summed E-state index contributed by atoms with van der Waals surface area (Å²) in [5, 5.41) is 25.0. The van der Waals surface area contributed by atoms with Crippen molar-refractivity contribution >= 4 is 33.8 Å². The van der Waals surface area contributed by atoms with E-state index >= 15 is 0 Å². The van der Waals surface area contributed by atoms with Crippen molar-refractivity contribution in [1.82, 2.24) is 0 Å². The van der Waals surface area contributed by atoms with E-state index in [2.05, 4.69) is 5.32 Å². The van der Waals surface area contributed by atoms with Gasteiger partial charge < -0.3 is 15.2 Å². The van der Waals surface area contributed by atoms with Gasteiger partial charge in [0.1, 0.15) is 5.75 Å². The summed E-state index contributed by atoms with van der Waals surface area (Å²) in [7, 11) is 1.59. The van der Waals surface area contributed by atoms with Crippen molar-refractivity contribution in [1.29, 1.82) is 0 Å². The maximum atomic E-state index is 11.4. The number of nitro benzene ring substituents is 1. The molecule has 0 aliphatic carbocycles. The average Bonchev–Trinajstić information content (AvgIpc) is 2.60. The molecule has 3 rings (SSSR count). The maximum Gasteiger partial charge on any atom is 0.338 e. The first-order valence-corrected chi connectivity index (χ1v) is 7.35. The molecule has 0 fully saturated rings. The molecular weight excluding hydrogens is 324 g/mol. The van der Waals surface area contributed by atoms with Gasteiger partial charge in [-0.25, -0.2) is 4.79 Å². The van der Waals surface area contributed by atoms with Crippen LogP contribution >= 0.6 is 0 Å². The Morgan fingerprint density at radius 3 is 2.64 bits per heavy atom. The molecule has 3 aromatic rings. The van der Waals surface area contributed by atoms with Gasteiger partial charge in [0.25, 0.3) is 5.69 Å². The van der Waals surface area contributed by atoms with Crippen LogP contribution in [0.4, 0.5) is 17.1 Å². The number of nitro groups is 1. The third-order valence-corrected chi connectivity index (χ3v) is 3.78. The van der Waals surface area contributed by atoms with Crippen LogP contribution in [0.2, 0.25) is 0 Å². The quantitative estimate of drug-likeness (QED) is 0.534. The standard InChI is InChI=1S/C18H14N2O5/c1-25-17-4-2-3-11-9-12(5-7-14(11)17)19-16-8-6-13(20(23)24)10-15(16)18(21)22/h2-10,19H,1H3,(H,21,22). The van der Waals surface area contributed by atoms with Gasteiger partial charge in [0.05, 0.1) is 23.3 Å². The number of carbonyl (C=O) groups is 1. The summed E-state index contributed by atoms with van der Waals surface area (Å²) in [6, 6.07) is 14.8. The highest BCUT2D eigenvalue weighted by Crippen LogP contribution is 2.30. The number of nitrogens with one attached hydrogen (secondary N) is 1. The Morgan fingerprint density at radius 1 is 1.16 bits per heavy atom. The van der Waals surface area contributed by atoms with Gasteiger partial charge in [-0.2, -0.15) is 0 Å². The van der Waals surface area contributed by atoms with Gasteiger partial charge in [-0.3, -0.25) is 10.1 Å². The van der Waals surface area contributed by atoms with Gasteiger partial charge >= 0.3 is 5.97 Å². The van der Waals surface area contributed by atoms with Crippen molar-refractivity contribution in [2.75, 3.05) is 12.4 Å². The topological polar surface area (TPSA) is 102 Å². The highest BCUT2D eigenvalue weighted by Gasteiger charge is 2.16. The molecule has 0 saturated heterocycles. The van der Waals surface area contributed by atoms with Crippen LogP contribution in [0.25, 0.3) is 10.8 Å². The lowest BCUT2D eigenvalue weighted by Crippen LogP contribution is -2.04. The molecule has 0 unspecified atom stereocenters. The first kappa shape index (κ1) is 16.3. The molecule has 126 valence electrons. The summed E-state index contributed by atoms with van der Waals surface area (Å²) in [5.74, 6) is -0.501. The third kappa shape index (κ3) is 3.20. The number of fused-ring (bicyclic) bond motifs is 1. The molecule has 0 spiro atoms. The summed E-state index contributed by atoms with van der Waals surface area (Å²) in [5.41, 5.74) is 0.503. The normalized spacial score (nSPS) is 10.4. The molecule has 3 aromatic carbocycles. The van der Waals surface area contributed by atoms with Gasteiger partial charge in [-0.15, -0.1) is 0 Å². The second kappa shape index (κ2) is 6.48. The number of hydrogen-bond donors (Lipinski definition) is 2. The van der Waals surface area contributed by atoms with Crippen LogP contribution in [0.1, 0.15) is 10.4 Å². The molecule has 0 aromatic heterocycles. The largest absolute Gasteiger partial charge is 0.496 e. The van der Waals surface area contributed by atoms with Crippen LogP contribution in [0.5, 0.6) is 5.75 Å². The molecule has 0 aliphatic rings. The van der Waals surface area contributed by atoms with Gasteiger partial charge in [0, 0.05) is 23.2 Å². The first-order chi connectivity index (χ1) is 12.0. The van der Waals surface area contributed by atoms with E-state index in [-0.39, 0.29) is 16.9 Å². The molecule has 2 N–H and O–H groups in total. The second-order valence-electron chi connectivity index (χ2n) is 5.31. The van der Waals surface area contributed by atoms with Crippen LogP contribution in [0, 0.1) is 10.1 Å². The molecule has 0 amide bonds. The van der Waals surface area contributed by atoms with E-state index in [4.69, 9.17) is 4.74 Å². The summed E-state index contributed by atoms with van der Waals surface area (Å²) in [4.78, 5) is 21.6. The van der Waals surface area contributed by atoms with E-state index in [1.54, 1.807) is 13.2 Å². The summed E-state index contributed by atoms with van der Waals surface area (Å²) < 4.78 is 5.31. The first-order valence-electron chi connectivity index (χ1n) is 7.35. The van der Waals surface area contributed by atoms with E-state index < -0.39 is 10.9 Å². The van der Waals surface area contributed by atoms with Gasteiger partial charge in [0.15, 0.2) is 0 Å². The van der Waals surface area contributed by atoms with Crippen molar-refractivity contribution in [3.05, 3.63) is 70.3 Å².